The second kappa shape index (κ2) is 15.3. The average molecular weight is 861 g/mol. The van der Waals surface area contributed by atoms with Crippen molar-refractivity contribution in [3.63, 3.8) is 0 Å². The van der Waals surface area contributed by atoms with E-state index in [1.54, 1.807) is 0 Å². The third kappa shape index (κ3) is 6.36. The third-order valence-corrected chi connectivity index (χ3v) is 13.9. The molecular weight excluding hydrogens is 817 g/mol. The fourth-order valence-corrected chi connectivity index (χ4v) is 10.5. The average Bonchev–Trinajstić information content (AvgIpc) is 4.02. The summed E-state index contributed by atoms with van der Waals surface area (Å²) in [5, 5.41) is 4.52. The number of rotatable bonds is 8. The smallest absolute Gasteiger partial charge is 0.143 e. The molecule has 1 aliphatic rings. The van der Waals surface area contributed by atoms with Crippen molar-refractivity contribution >= 4 is 78.0 Å². The molecule has 0 radical (unpaired) electrons. The highest BCUT2D eigenvalue weighted by Gasteiger charge is 2.37. The number of nitrogens with zero attached hydrogens (tertiary/aromatic N) is 2. The Kier molecular flexibility index (Phi) is 8.84. The molecule has 2 heterocycles. The van der Waals surface area contributed by atoms with Gasteiger partial charge in [-0.25, -0.2) is 0 Å². The molecule has 0 amide bonds. The normalized spacial score (nSPS) is 12.7. The van der Waals surface area contributed by atoms with E-state index in [4.69, 9.17) is 8.83 Å². The molecule has 318 valence electrons. The Balaban J connectivity index is 0.904. The van der Waals surface area contributed by atoms with Crippen LogP contribution in [0.15, 0.2) is 239 Å². The molecular formula is C63H44N2O2. The highest BCUT2D eigenvalue weighted by molar-refractivity contribution is 6.10. The van der Waals surface area contributed by atoms with E-state index in [1.807, 2.05) is 24.3 Å². The van der Waals surface area contributed by atoms with Gasteiger partial charge >= 0.3 is 0 Å². The fraction of sp³-hybridized carbons (Fsp3) is 0.0476. The lowest BCUT2D eigenvalue weighted by Crippen LogP contribution is -2.17. The Morgan fingerprint density at radius 3 is 1.34 bits per heavy atom. The van der Waals surface area contributed by atoms with E-state index in [0.29, 0.717) is 0 Å². The van der Waals surface area contributed by atoms with Crippen LogP contribution in [-0.4, -0.2) is 0 Å². The molecule has 67 heavy (non-hydrogen) atoms. The largest absolute Gasteiger partial charge is 0.456 e. The summed E-state index contributed by atoms with van der Waals surface area (Å²) >= 11 is 0. The molecule has 0 saturated heterocycles. The van der Waals surface area contributed by atoms with Gasteiger partial charge in [-0.2, -0.15) is 0 Å². The number of fused-ring (bicyclic) bond motifs is 9. The zero-order valence-electron chi connectivity index (χ0n) is 37.2. The van der Waals surface area contributed by atoms with Crippen LogP contribution in [0.5, 0.6) is 0 Å². The molecule has 0 bridgehead atoms. The van der Waals surface area contributed by atoms with Crippen molar-refractivity contribution in [1.82, 2.24) is 0 Å². The first-order chi connectivity index (χ1) is 33.0. The van der Waals surface area contributed by atoms with Crippen molar-refractivity contribution in [2.75, 3.05) is 9.80 Å². The molecule has 2 aromatic heterocycles. The van der Waals surface area contributed by atoms with Gasteiger partial charge in [-0.1, -0.05) is 147 Å². The topological polar surface area (TPSA) is 32.8 Å². The van der Waals surface area contributed by atoms with Crippen molar-refractivity contribution in [3.05, 3.63) is 242 Å². The maximum atomic E-state index is 6.48. The Hall–Kier alpha value is -8.60. The van der Waals surface area contributed by atoms with Crippen molar-refractivity contribution in [2.24, 2.45) is 0 Å². The van der Waals surface area contributed by atoms with Crippen LogP contribution in [-0.2, 0) is 5.41 Å². The maximum absolute atomic E-state index is 6.48. The monoisotopic (exact) mass is 860 g/mol. The first kappa shape index (κ1) is 38.8. The van der Waals surface area contributed by atoms with E-state index in [-0.39, 0.29) is 5.41 Å². The van der Waals surface area contributed by atoms with Crippen LogP contribution in [0.2, 0.25) is 0 Å². The quantitative estimate of drug-likeness (QED) is 0.152. The molecule has 0 saturated carbocycles. The van der Waals surface area contributed by atoms with E-state index in [9.17, 15) is 0 Å². The number of hydrogen-bond acceptors (Lipinski definition) is 4. The Bertz CT molecular complexity index is 3790. The van der Waals surface area contributed by atoms with Gasteiger partial charge in [0.15, 0.2) is 0 Å². The summed E-state index contributed by atoms with van der Waals surface area (Å²) in [5.74, 6) is 0. The van der Waals surface area contributed by atoms with Gasteiger partial charge in [0.05, 0.1) is 0 Å². The van der Waals surface area contributed by atoms with Gasteiger partial charge < -0.3 is 18.6 Å². The lowest BCUT2D eigenvalue weighted by Gasteiger charge is -2.29. The predicted molar refractivity (Wildman–Crippen MR) is 279 cm³/mol. The van der Waals surface area contributed by atoms with Crippen molar-refractivity contribution < 1.29 is 8.83 Å². The molecule has 0 fully saturated rings. The molecule has 0 aliphatic heterocycles. The lowest BCUT2D eigenvalue weighted by molar-refractivity contribution is 0.660. The molecule has 12 aromatic rings. The minimum Gasteiger partial charge on any atom is -0.456 e. The van der Waals surface area contributed by atoms with Gasteiger partial charge in [0.2, 0.25) is 0 Å². The molecule has 0 atom stereocenters. The fourth-order valence-electron chi connectivity index (χ4n) is 10.5. The van der Waals surface area contributed by atoms with Crippen LogP contribution in [0, 0.1) is 0 Å². The molecule has 10 aromatic carbocycles. The minimum atomic E-state index is -0.268. The first-order valence-corrected chi connectivity index (χ1v) is 23.0. The van der Waals surface area contributed by atoms with Crippen molar-refractivity contribution in [2.45, 2.75) is 19.3 Å². The third-order valence-electron chi connectivity index (χ3n) is 13.9. The number of furan rings is 2. The molecule has 0 spiro atoms. The van der Waals surface area contributed by atoms with Crippen LogP contribution in [0.3, 0.4) is 0 Å². The van der Waals surface area contributed by atoms with Gasteiger partial charge in [0, 0.05) is 66.6 Å². The number of benzene rings is 10. The van der Waals surface area contributed by atoms with E-state index in [2.05, 4.69) is 230 Å². The Morgan fingerprint density at radius 1 is 0.299 bits per heavy atom. The maximum Gasteiger partial charge on any atom is 0.143 e. The van der Waals surface area contributed by atoms with E-state index >= 15 is 0 Å². The van der Waals surface area contributed by atoms with E-state index < -0.39 is 0 Å². The van der Waals surface area contributed by atoms with Crippen LogP contribution in [0.4, 0.5) is 34.1 Å². The molecule has 13 rings (SSSR count). The lowest BCUT2D eigenvalue weighted by atomic mass is 9.82. The minimum absolute atomic E-state index is 0.268. The standard InChI is InChI=1S/C63H44N2O2/c1-63(2)57-39-48(64(44-14-5-3-6-15-44)45-16-7-4-8-17-45)33-36-51(57)52-37-34-49(40-58(52)63)65(46-29-24-41(25-30-46)43-28-35-55-53-18-9-11-22-59(53)66-61(55)38-43)47-31-26-42(27-32-47)50-20-13-21-56-54-19-10-12-23-60(54)67-62(50)56/h3-40H,1-2H3. The molecule has 0 N–H and O–H groups in total. The zero-order valence-corrected chi connectivity index (χ0v) is 37.2. The van der Waals surface area contributed by atoms with Gasteiger partial charge in [0.1, 0.15) is 22.3 Å². The summed E-state index contributed by atoms with van der Waals surface area (Å²) in [7, 11) is 0. The Morgan fingerprint density at radius 2 is 0.746 bits per heavy atom. The van der Waals surface area contributed by atoms with Gasteiger partial charge in [0.25, 0.3) is 0 Å². The summed E-state index contributed by atoms with van der Waals surface area (Å²) in [6, 6.07) is 82.6. The predicted octanol–water partition coefficient (Wildman–Crippen LogP) is 18.1. The van der Waals surface area contributed by atoms with Crippen LogP contribution in [0.1, 0.15) is 25.0 Å². The van der Waals surface area contributed by atoms with Crippen molar-refractivity contribution in [3.8, 4) is 33.4 Å². The molecule has 1 aliphatic carbocycles. The van der Waals surface area contributed by atoms with Gasteiger partial charge in [-0.05, 0) is 136 Å². The van der Waals surface area contributed by atoms with Gasteiger partial charge in [-0.15, -0.1) is 0 Å². The highest BCUT2D eigenvalue weighted by Crippen LogP contribution is 2.53. The van der Waals surface area contributed by atoms with E-state index in [1.165, 1.54) is 22.3 Å². The zero-order chi connectivity index (χ0) is 44.6. The van der Waals surface area contributed by atoms with Crippen LogP contribution < -0.4 is 9.80 Å². The molecule has 0 unspecified atom stereocenters. The highest BCUT2D eigenvalue weighted by atomic mass is 16.3. The van der Waals surface area contributed by atoms with Gasteiger partial charge in [-0.3, -0.25) is 0 Å². The Labute approximate surface area is 389 Å². The second-order valence-electron chi connectivity index (χ2n) is 18.1. The van der Waals surface area contributed by atoms with Crippen LogP contribution >= 0.6 is 0 Å². The first-order valence-electron chi connectivity index (χ1n) is 23.0. The van der Waals surface area contributed by atoms with Crippen LogP contribution in [0.25, 0.3) is 77.3 Å². The molecule has 4 heteroatoms. The summed E-state index contributed by atoms with van der Waals surface area (Å²) in [6.07, 6.45) is 0. The SMILES string of the molecule is CC1(C)c2cc(N(c3ccccc3)c3ccccc3)ccc2-c2ccc(N(c3ccc(-c4ccc5c(c4)oc4ccccc45)cc3)c3ccc(-c4cccc5c4oc4ccccc45)cc3)cc21. The summed E-state index contributed by atoms with van der Waals surface area (Å²) < 4.78 is 12.8. The number of para-hydroxylation sites is 5. The summed E-state index contributed by atoms with van der Waals surface area (Å²) in [5.41, 5.74) is 19.5. The van der Waals surface area contributed by atoms with Crippen molar-refractivity contribution in [1.29, 1.82) is 0 Å². The second-order valence-corrected chi connectivity index (χ2v) is 18.1. The van der Waals surface area contributed by atoms with E-state index in [0.717, 1.165) is 100 Å². The molecule has 4 nitrogen and oxygen atoms in total. The summed E-state index contributed by atoms with van der Waals surface area (Å²) in [6.45, 7) is 4.73. The number of hydrogen-bond donors (Lipinski definition) is 0. The number of anilines is 6. The summed E-state index contributed by atoms with van der Waals surface area (Å²) in [4.78, 5) is 4.73.